The van der Waals surface area contributed by atoms with E-state index in [0.29, 0.717) is 0 Å². The van der Waals surface area contributed by atoms with Crippen LogP contribution in [-0.2, 0) is 17.1 Å². The summed E-state index contributed by atoms with van der Waals surface area (Å²) in [6.45, 7) is 5.50. The van der Waals surface area contributed by atoms with E-state index in [1.807, 2.05) is 19.1 Å². The normalized spacial score (nSPS) is 11.8. The molecule has 0 heterocycles. The predicted octanol–water partition coefficient (Wildman–Crippen LogP) is 2.53. The van der Waals surface area contributed by atoms with E-state index >= 15 is 0 Å². The minimum Gasteiger partial charge on any atom is -0.344 e. The molecule has 0 saturated carbocycles. The molecule has 0 bridgehead atoms. The molecule has 0 atom stereocenters. The van der Waals surface area contributed by atoms with Crippen molar-refractivity contribution in [2.24, 2.45) is 0 Å². The summed E-state index contributed by atoms with van der Waals surface area (Å²) in [5.74, 6) is 0. The standard InChI is InChI=1S/C5H5.C3H7.Mn/c1-2-4-5-3-1;1-3-2;/h1-3H,4H2;1,3H2,2H3;/q2*-1;+2. The van der Waals surface area contributed by atoms with Crippen LogP contribution in [0.4, 0.5) is 0 Å². The van der Waals surface area contributed by atoms with Crippen molar-refractivity contribution in [1.29, 1.82) is 0 Å². The van der Waals surface area contributed by atoms with E-state index in [2.05, 4.69) is 19.1 Å². The Bertz CT molecular complexity index is 72.6. The molecule has 51 valence electrons. The van der Waals surface area contributed by atoms with Gasteiger partial charge in [0.05, 0.1) is 0 Å². The molecule has 0 N–H and O–H groups in total. The summed E-state index contributed by atoms with van der Waals surface area (Å²) in [5, 5.41) is 0. The Balaban J connectivity index is 0. The first-order valence-corrected chi connectivity index (χ1v) is 2.92. The van der Waals surface area contributed by atoms with Gasteiger partial charge in [-0.2, -0.15) is 12.5 Å². The van der Waals surface area contributed by atoms with Crippen LogP contribution in [0.1, 0.15) is 19.8 Å². The molecule has 9 heavy (non-hydrogen) atoms. The third kappa shape index (κ3) is 11.5. The van der Waals surface area contributed by atoms with E-state index in [4.69, 9.17) is 0 Å². The van der Waals surface area contributed by atoms with Crippen LogP contribution in [-0.4, -0.2) is 0 Å². The monoisotopic (exact) mass is 163 g/mol. The number of hydrogen-bond donors (Lipinski definition) is 0. The second-order valence-electron chi connectivity index (χ2n) is 1.50. The fraction of sp³-hybridized carbons (Fsp3) is 0.375. The molecule has 0 saturated heterocycles. The van der Waals surface area contributed by atoms with Crippen LogP contribution >= 0.6 is 0 Å². The van der Waals surface area contributed by atoms with Gasteiger partial charge in [-0.3, -0.25) is 6.08 Å². The molecule has 0 aromatic heterocycles. The molecule has 0 spiro atoms. The van der Waals surface area contributed by atoms with E-state index in [0.717, 1.165) is 12.8 Å². The first kappa shape index (κ1) is 11.8. The Morgan fingerprint density at radius 3 is 2.33 bits per heavy atom. The Labute approximate surface area is 68.5 Å². The van der Waals surface area contributed by atoms with Gasteiger partial charge in [0.25, 0.3) is 0 Å². The largest absolute Gasteiger partial charge is 2.00 e. The van der Waals surface area contributed by atoms with Gasteiger partial charge in [0, 0.05) is 0 Å². The maximum absolute atomic E-state index is 3.49. The van der Waals surface area contributed by atoms with Gasteiger partial charge in [0.15, 0.2) is 0 Å². The summed E-state index contributed by atoms with van der Waals surface area (Å²) in [6, 6.07) is 0. The van der Waals surface area contributed by atoms with Gasteiger partial charge < -0.3 is 6.92 Å². The van der Waals surface area contributed by atoms with Gasteiger partial charge >= 0.3 is 17.1 Å². The van der Waals surface area contributed by atoms with Gasteiger partial charge in [0.1, 0.15) is 0 Å². The average Bonchev–Trinajstić information content (AvgIpc) is 2.17. The van der Waals surface area contributed by atoms with Gasteiger partial charge in [-0.05, 0) is 0 Å². The SMILES string of the molecule is [C-]1=CC=CC1.[CH2-]CC.[Mn+2]. The van der Waals surface area contributed by atoms with Gasteiger partial charge in [-0.1, -0.05) is 6.92 Å². The van der Waals surface area contributed by atoms with Crippen molar-refractivity contribution in [3.8, 4) is 0 Å². The Morgan fingerprint density at radius 1 is 1.67 bits per heavy atom. The summed E-state index contributed by atoms with van der Waals surface area (Å²) in [5.41, 5.74) is 0. The molecule has 1 aliphatic carbocycles. The van der Waals surface area contributed by atoms with Crippen molar-refractivity contribution in [3.05, 3.63) is 31.2 Å². The molecular formula is C8H12Mn. The number of hydrogen-bond acceptors (Lipinski definition) is 0. The molecule has 1 rings (SSSR count). The van der Waals surface area contributed by atoms with Crippen molar-refractivity contribution in [3.63, 3.8) is 0 Å². The first-order chi connectivity index (χ1) is 3.91. The molecule has 0 fully saturated rings. The second-order valence-corrected chi connectivity index (χ2v) is 1.50. The summed E-state index contributed by atoms with van der Waals surface area (Å²) < 4.78 is 0. The molecule has 0 amide bonds. The van der Waals surface area contributed by atoms with Crippen molar-refractivity contribution < 1.29 is 17.1 Å². The van der Waals surface area contributed by atoms with E-state index in [9.17, 15) is 0 Å². The van der Waals surface area contributed by atoms with Crippen molar-refractivity contribution >= 4 is 0 Å². The third-order valence-electron chi connectivity index (χ3n) is 0.586. The van der Waals surface area contributed by atoms with E-state index < -0.39 is 0 Å². The molecule has 0 aliphatic heterocycles. The van der Waals surface area contributed by atoms with Crippen LogP contribution in [0, 0.1) is 13.0 Å². The quantitative estimate of drug-likeness (QED) is 0.380. The molecule has 1 aliphatic rings. The van der Waals surface area contributed by atoms with Gasteiger partial charge in [-0.25, -0.2) is 12.2 Å². The van der Waals surface area contributed by atoms with Crippen LogP contribution < -0.4 is 0 Å². The molecule has 1 heteroatoms. The number of rotatable bonds is 0. The topological polar surface area (TPSA) is 0 Å². The summed E-state index contributed by atoms with van der Waals surface area (Å²) in [7, 11) is 0. The molecule has 1 radical (unpaired) electrons. The smallest absolute Gasteiger partial charge is 0.344 e. The Kier molecular flexibility index (Phi) is 14.2. The average molecular weight is 163 g/mol. The zero-order chi connectivity index (χ0) is 6.24. The maximum Gasteiger partial charge on any atom is 2.00 e. The minimum atomic E-state index is 0. The fourth-order valence-corrected chi connectivity index (χ4v) is 0.340. The van der Waals surface area contributed by atoms with Gasteiger partial charge in [-0.15, -0.1) is 6.42 Å². The Morgan fingerprint density at radius 2 is 2.22 bits per heavy atom. The van der Waals surface area contributed by atoms with Crippen molar-refractivity contribution in [1.82, 2.24) is 0 Å². The molecule has 0 nitrogen and oxygen atoms in total. The van der Waals surface area contributed by atoms with Crippen LogP contribution in [0.25, 0.3) is 0 Å². The summed E-state index contributed by atoms with van der Waals surface area (Å²) >= 11 is 0. The van der Waals surface area contributed by atoms with Crippen molar-refractivity contribution in [2.45, 2.75) is 19.8 Å². The third-order valence-corrected chi connectivity index (χ3v) is 0.586. The number of allylic oxidation sites excluding steroid dienone is 4. The molecule has 0 aromatic carbocycles. The summed E-state index contributed by atoms with van der Waals surface area (Å²) in [4.78, 5) is 0. The molecular weight excluding hydrogens is 151 g/mol. The zero-order valence-electron chi connectivity index (χ0n) is 5.73. The van der Waals surface area contributed by atoms with E-state index in [-0.39, 0.29) is 17.1 Å². The second kappa shape index (κ2) is 10.9. The maximum atomic E-state index is 3.49. The Hall–Kier alpha value is -0.000519. The van der Waals surface area contributed by atoms with E-state index in [1.165, 1.54) is 0 Å². The van der Waals surface area contributed by atoms with Crippen LogP contribution in [0.2, 0.25) is 0 Å². The minimum absolute atomic E-state index is 0. The first-order valence-electron chi connectivity index (χ1n) is 2.92. The van der Waals surface area contributed by atoms with Crippen LogP contribution in [0.3, 0.4) is 0 Å². The van der Waals surface area contributed by atoms with Gasteiger partial charge in [0.2, 0.25) is 0 Å². The fourth-order valence-electron chi connectivity index (χ4n) is 0.340. The van der Waals surface area contributed by atoms with E-state index in [1.54, 1.807) is 0 Å². The molecule has 0 unspecified atom stereocenters. The zero-order valence-corrected chi connectivity index (χ0v) is 6.91. The van der Waals surface area contributed by atoms with Crippen LogP contribution in [0.5, 0.6) is 0 Å². The summed E-state index contributed by atoms with van der Waals surface area (Å²) in [6.07, 6.45) is 11.0. The molecule has 0 aromatic rings. The van der Waals surface area contributed by atoms with Crippen molar-refractivity contribution in [2.75, 3.05) is 0 Å². The predicted molar refractivity (Wildman–Crippen MR) is 37.2 cm³/mol. The van der Waals surface area contributed by atoms with Crippen LogP contribution in [0.15, 0.2) is 18.2 Å².